The quantitative estimate of drug-likeness (QED) is 0.530. The SMILES string of the molecule is CC(C)C(C1C2CC3CC(C2)CC1C3)C1C2CCC3CCC(C2)CC31. The van der Waals surface area contributed by atoms with Gasteiger partial charge in [0, 0.05) is 0 Å². The molecule has 0 aromatic heterocycles. The van der Waals surface area contributed by atoms with Gasteiger partial charge in [0.25, 0.3) is 0 Å². The maximum Gasteiger partial charge on any atom is -0.0321 e. The summed E-state index contributed by atoms with van der Waals surface area (Å²) in [4.78, 5) is 0. The molecule has 0 aliphatic heterocycles. The van der Waals surface area contributed by atoms with Crippen molar-refractivity contribution in [3.05, 3.63) is 0 Å². The smallest absolute Gasteiger partial charge is 0.0321 e. The minimum atomic E-state index is 0.937. The van der Waals surface area contributed by atoms with E-state index in [4.69, 9.17) is 0 Å². The van der Waals surface area contributed by atoms with E-state index >= 15 is 0 Å². The van der Waals surface area contributed by atoms with Crippen LogP contribution in [-0.2, 0) is 0 Å². The molecule has 25 heavy (non-hydrogen) atoms. The van der Waals surface area contributed by atoms with E-state index in [0.717, 1.165) is 71.0 Å². The standard InChI is InChI=1S/C25H40/c1-14(2)23(24-20-9-16-7-17(11-20)12-21(24)10-16)25-19-6-5-18-4-3-15(8-19)13-22(18)25/h14-25H,3-13H2,1-2H3. The lowest BCUT2D eigenvalue weighted by Gasteiger charge is -2.62. The van der Waals surface area contributed by atoms with Gasteiger partial charge in [-0.25, -0.2) is 0 Å². The molecule has 0 aromatic carbocycles. The maximum absolute atomic E-state index is 2.62. The molecule has 7 aliphatic carbocycles. The predicted octanol–water partition coefficient (Wildman–Crippen LogP) is 6.79. The summed E-state index contributed by atoms with van der Waals surface area (Å²) in [5.74, 6) is 13.4. The summed E-state index contributed by atoms with van der Waals surface area (Å²) in [5.41, 5.74) is 0. The Balaban J connectivity index is 1.34. The fraction of sp³-hybridized carbons (Fsp3) is 1.00. The molecule has 7 rings (SSSR count). The zero-order chi connectivity index (χ0) is 16.7. The van der Waals surface area contributed by atoms with Gasteiger partial charge < -0.3 is 0 Å². The highest BCUT2D eigenvalue weighted by Gasteiger charge is 2.57. The first-order chi connectivity index (χ1) is 12.2. The third-order valence-electron chi connectivity index (χ3n) is 10.7. The molecule has 0 saturated heterocycles. The van der Waals surface area contributed by atoms with Crippen molar-refractivity contribution in [3.63, 3.8) is 0 Å². The molecule has 6 unspecified atom stereocenters. The van der Waals surface area contributed by atoms with Crippen molar-refractivity contribution in [3.8, 4) is 0 Å². The second-order valence-electron chi connectivity index (χ2n) is 12.1. The van der Waals surface area contributed by atoms with E-state index in [1.54, 1.807) is 70.6 Å². The topological polar surface area (TPSA) is 0 Å². The average Bonchev–Trinajstić information content (AvgIpc) is 2.55. The lowest BCUT2D eigenvalue weighted by atomic mass is 9.43. The highest BCUT2D eigenvalue weighted by Crippen LogP contribution is 2.65. The van der Waals surface area contributed by atoms with E-state index in [1.807, 2.05) is 0 Å². The minimum absolute atomic E-state index is 0.937. The van der Waals surface area contributed by atoms with Gasteiger partial charge in [-0.2, -0.15) is 0 Å². The van der Waals surface area contributed by atoms with Crippen molar-refractivity contribution in [1.29, 1.82) is 0 Å². The van der Waals surface area contributed by atoms with Crippen LogP contribution >= 0.6 is 0 Å². The summed E-state index contributed by atoms with van der Waals surface area (Å²) in [6.45, 7) is 5.25. The molecule has 0 N–H and O–H groups in total. The van der Waals surface area contributed by atoms with Crippen molar-refractivity contribution < 1.29 is 0 Å². The number of hydrogen-bond donors (Lipinski definition) is 0. The Kier molecular flexibility index (Phi) is 3.68. The third-order valence-corrected chi connectivity index (χ3v) is 10.7. The molecular weight excluding hydrogens is 300 g/mol. The van der Waals surface area contributed by atoms with E-state index in [0.29, 0.717) is 0 Å². The average molecular weight is 341 g/mol. The van der Waals surface area contributed by atoms with E-state index in [2.05, 4.69) is 13.8 Å². The Labute approximate surface area is 155 Å². The summed E-state index contributed by atoms with van der Waals surface area (Å²) in [5, 5.41) is 0. The van der Waals surface area contributed by atoms with Crippen LogP contribution in [0.15, 0.2) is 0 Å². The molecular formula is C25H40. The summed E-state index contributed by atoms with van der Waals surface area (Å²) in [6.07, 6.45) is 17.8. The molecule has 0 heterocycles. The van der Waals surface area contributed by atoms with Crippen molar-refractivity contribution in [1.82, 2.24) is 0 Å². The lowest BCUT2D eigenvalue weighted by molar-refractivity contribution is -0.134. The van der Waals surface area contributed by atoms with Gasteiger partial charge in [-0.05, 0) is 135 Å². The highest BCUT2D eigenvalue weighted by molar-refractivity contribution is 5.06. The second-order valence-corrected chi connectivity index (χ2v) is 12.1. The molecule has 0 heteroatoms. The Morgan fingerprint density at radius 3 is 1.80 bits per heavy atom. The van der Waals surface area contributed by atoms with Gasteiger partial charge >= 0.3 is 0 Å². The van der Waals surface area contributed by atoms with E-state index < -0.39 is 0 Å². The summed E-state index contributed by atoms with van der Waals surface area (Å²) < 4.78 is 0. The van der Waals surface area contributed by atoms with Crippen LogP contribution in [0.1, 0.15) is 84.5 Å². The Hall–Kier alpha value is 0. The fourth-order valence-corrected chi connectivity index (χ4v) is 10.4. The van der Waals surface area contributed by atoms with Gasteiger partial charge in [0.15, 0.2) is 0 Å². The van der Waals surface area contributed by atoms with Crippen molar-refractivity contribution >= 4 is 0 Å². The highest BCUT2D eigenvalue weighted by atomic mass is 14.6. The fourth-order valence-electron chi connectivity index (χ4n) is 10.4. The largest absolute Gasteiger partial charge is 0.0625 e. The third kappa shape index (κ3) is 2.37. The minimum Gasteiger partial charge on any atom is -0.0625 e. The Morgan fingerprint density at radius 1 is 0.520 bits per heavy atom. The molecule has 0 aromatic rings. The number of hydrogen-bond acceptors (Lipinski definition) is 0. The molecule has 140 valence electrons. The number of fused-ring (bicyclic) bond motifs is 2. The normalized spacial score (nSPS) is 57.2. The zero-order valence-corrected chi connectivity index (χ0v) is 16.7. The summed E-state index contributed by atoms with van der Waals surface area (Å²) >= 11 is 0. The van der Waals surface area contributed by atoms with Gasteiger partial charge in [0.2, 0.25) is 0 Å². The van der Waals surface area contributed by atoms with Gasteiger partial charge in [-0.1, -0.05) is 20.3 Å². The first-order valence-electron chi connectivity index (χ1n) is 12.2. The first-order valence-corrected chi connectivity index (χ1v) is 12.2. The molecule has 0 radical (unpaired) electrons. The Morgan fingerprint density at radius 2 is 1.12 bits per heavy atom. The van der Waals surface area contributed by atoms with Crippen LogP contribution in [-0.4, -0.2) is 0 Å². The monoisotopic (exact) mass is 340 g/mol. The lowest BCUT2D eigenvalue weighted by Crippen LogP contribution is -2.55. The molecule has 7 saturated carbocycles. The maximum atomic E-state index is 2.62. The van der Waals surface area contributed by atoms with Gasteiger partial charge in [-0.15, -0.1) is 0 Å². The molecule has 6 atom stereocenters. The Bertz CT molecular complexity index is 486. The van der Waals surface area contributed by atoms with E-state index in [9.17, 15) is 0 Å². The molecule has 0 amide bonds. The first kappa shape index (κ1) is 16.0. The van der Waals surface area contributed by atoms with E-state index in [1.165, 1.54) is 0 Å². The van der Waals surface area contributed by atoms with Crippen molar-refractivity contribution in [2.45, 2.75) is 84.5 Å². The molecule has 7 fully saturated rings. The summed E-state index contributed by atoms with van der Waals surface area (Å²) in [6, 6.07) is 0. The summed E-state index contributed by atoms with van der Waals surface area (Å²) in [7, 11) is 0. The predicted molar refractivity (Wildman–Crippen MR) is 104 cm³/mol. The molecule has 0 nitrogen and oxygen atoms in total. The molecule has 0 spiro atoms. The van der Waals surface area contributed by atoms with Crippen LogP contribution in [0, 0.1) is 71.0 Å². The van der Waals surface area contributed by atoms with Crippen LogP contribution in [0.5, 0.6) is 0 Å². The number of rotatable bonds is 3. The van der Waals surface area contributed by atoms with Crippen LogP contribution in [0.3, 0.4) is 0 Å². The van der Waals surface area contributed by atoms with Crippen molar-refractivity contribution in [2.24, 2.45) is 71.0 Å². The van der Waals surface area contributed by atoms with E-state index in [-0.39, 0.29) is 0 Å². The van der Waals surface area contributed by atoms with Crippen LogP contribution in [0.4, 0.5) is 0 Å². The van der Waals surface area contributed by atoms with Gasteiger partial charge in [-0.3, -0.25) is 0 Å². The molecule has 7 bridgehead atoms. The van der Waals surface area contributed by atoms with Crippen LogP contribution in [0.2, 0.25) is 0 Å². The van der Waals surface area contributed by atoms with Crippen LogP contribution < -0.4 is 0 Å². The van der Waals surface area contributed by atoms with Crippen LogP contribution in [0.25, 0.3) is 0 Å². The van der Waals surface area contributed by atoms with Gasteiger partial charge in [0.1, 0.15) is 0 Å². The zero-order valence-electron chi connectivity index (χ0n) is 16.7. The second kappa shape index (κ2) is 5.75. The molecule has 7 aliphatic rings. The van der Waals surface area contributed by atoms with Crippen molar-refractivity contribution in [2.75, 3.05) is 0 Å². The van der Waals surface area contributed by atoms with Gasteiger partial charge in [0.05, 0.1) is 0 Å².